The third-order valence-electron chi connectivity index (χ3n) is 0.218. The summed E-state index contributed by atoms with van der Waals surface area (Å²) in [5.41, 5.74) is 0. The van der Waals surface area contributed by atoms with Gasteiger partial charge in [-0.3, -0.25) is 0 Å². The monoisotopic (exact) mass is 292 g/mol. The van der Waals surface area contributed by atoms with Crippen LogP contribution < -0.4 is 10.2 Å². The Hall–Kier alpha value is 0.182. The summed E-state index contributed by atoms with van der Waals surface area (Å²) in [5, 5.41) is 18.2. The molecule has 0 aliphatic heterocycles. The van der Waals surface area contributed by atoms with Gasteiger partial charge in [0.25, 0.3) is 0 Å². The predicted octanol–water partition coefficient (Wildman–Crippen LogP) is -2.05. The first-order chi connectivity index (χ1) is 4.54. The normalized spacial score (nSPS) is 6.73. The van der Waals surface area contributed by atoms with Crippen molar-refractivity contribution in [1.82, 2.24) is 0 Å². The molecule has 0 saturated heterocycles. The van der Waals surface area contributed by atoms with Crippen molar-refractivity contribution in [2.75, 3.05) is 11.8 Å². The number of carboxylic acid groups (broad SMARTS) is 2. The van der Waals surface area contributed by atoms with Gasteiger partial charge in [0.2, 0.25) is 0 Å². The molecule has 0 aromatic heterocycles. The number of carbonyl (C=O) groups is 2. The quantitative estimate of drug-likeness (QED) is 0.433. The van der Waals surface area contributed by atoms with E-state index in [1.165, 1.54) is 0 Å². The number of alkyl halides is 2. The summed E-state index contributed by atoms with van der Waals surface area (Å²) in [6.07, 6.45) is 0. The van der Waals surface area contributed by atoms with Crippen LogP contribution in [-0.4, -0.2) is 23.7 Å². The average Bonchev–Trinajstić information content (AvgIpc) is 1.89. The maximum Gasteiger partial charge on any atom is 2.00 e. The van der Waals surface area contributed by atoms with Gasteiger partial charge in [-0.2, -0.15) is 0 Å². The van der Waals surface area contributed by atoms with Crippen molar-refractivity contribution in [3.63, 3.8) is 0 Å². The molecule has 0 spiro atoms. The summed E-state index contributed by atoms with van der Waals surface area (Å²) in [6.45, 7) is 0. The Bertz CT molecular complexity index is 105. The van der Waals surface area contributed by atoms with E-state index in [4.69, 9.17) is 19.8 Å². The molecule has 0 rings (SSSR count). The van der Waals surface area contributed by atoms with Gasteiger partial charge in [0.05, 0.1) is 23.7 Å². The number of halogens is 2. The molecule has 0 N–H and O–H groups in total. The van der Waals surface area contributed by atoms with E-state index in [9.17, 15) is 0 Å². The Morgan fingerprint density at radius 2 is 1.09 bits per heavy atom. The van der Waals surface area contributed by atoms with E-state index >= 15 is 0 Å². The molecule has 0 aromatic carbocycles. The first-order valence-corrected chi connectivity index (χ1v) is 3.13. The summed E-state index contributed by atoms with van der Waals surface area (Å²) in [7, 11) is 0. The molecule has 0 aliphatic rings. The van der Waals surface area contributed by atoms with Crippen LogP contribution in [0.5, 0.6) is 0 Å². The molecule has 0 radical (unpaired) electrons. The molecule has 0 bridgehead atoms. The van der Waals surface area contributed by atoms with Crippen LogP contribution in [0.4, 0.5) is 0 Å². The zero-order chi connectivity index (χ0) is 8.57. The Kier molecular flexibility index (Phi) is 20.2. The van der Waals surface area contributed by atoms with E-state index in [-0.39, 0.29) is 20.4 Å². The summed E-state index contributed by atoms with van der Waals surface area (Å²) in [5.74, 6) is -3.29. The largest absolute Gasteiger partial charge is 2.00 e. The van der Waals surface area contributed by atoms with Crippen molar-refractivity contribution in [2.45, 2.75) is 0 Å². The topological polar surface area (TPSA) is 80.3 Å². The Morgan fingerprint density at radius 3 is 1.09 bits per heavy atom. The number of hydrogen-bond donors (Lipinski definition) is 0. The number of aliphatic carboxylic acids is 2. The van der Waals surface area contributed by atoms with Gasteiger partial charge < -0.3 is 19.8 Å². The smallest absolute Gasteiger partial charge is 0.549 e. The van der Waals surface area contributed by atoms with E-state index in [0.717, 1.165) is 0 Å². The molecular formula is C4H4Cl2O4Pd. The number of rotatable bonds is 2. The molecule has 0 aromatic rings. The number of carbonyl (C=O) groups excluding carboxylic acids is 2. The van der Waals surface area contributed by atoms with Crippen LogP contribution in [0.1, 0.15) is 0 Å². The van der Waals surface area contributed by atoms with Crippen LogP contribution in [0.2, 0.25) is 0 Å². The minimum Gasteiger partial charge on any atom is -0.549 e. The fourth-order valence-corrected chi connectivity index (χ4v) is 0. The number of hydrogen-bond acceptors (Lipinski definition) is 4. The van der Waals surface area contributed by atoms with Crippen LogP contribution in [-0.2, 0) is 30.0 Å². The van der Waals surface area contributed by atoms with Crippen molar-refractivity contribution in [3.05, 3.63) is 0 Å². The van der Waals surface area contributed by atoms with Gasteiger partial charge in [0, 0.05) is 0 Å². The molecular weight excluding hydrogens is 289 g/mol. The second-order valence-electron chi connectivity index (χ2n) is 1.01. The molecule has 0 fully saturated rings. The summed E-state index contributed by atoms with van der Waals surface area (Å²) in [4.78, 5) is 18.2. The van der Waals surface area contributed by atoms with Crippen molar-refractivity contribution in [2.24, 2.45) is 0 Å². The third-order valence-corrected chi connectivity index (χ3v) is 0.655. The molecule has 7 heteroatoms. The maximum absolute atomic E-state index is 9.12. The fourth-order valence-electron chi connectivity index (χ4n) is 0. The molecule has 0 unspecified atom stereocenters. The predicted molar refractivity (Wildman–Crippen MR) is 31.5 cm³/mol. The van der Waals surface area contributed by atoms with E-state index in [0.29, 0.717) is 0 Å². The van der Waals surface area contributed by atoms with Crippen LogP contribution in [0.3, 0.4) is 0 Å². The van der Waals surface area contributed by atoms with Crippen LogP contribution in [0.25, 0.3) is 0 Å². The Balaban J connectivity index is -0.000000107. The van der Waals surface area contributed by atoms with E-state index in [1.54, 1.807) is 0 Å². The maximum atomic E-state index is 9.12. The van der Waals surface area contributed by atoms with Crippen LogP contribution in [0, 0.1) is 0 Å². The van der Waals surface area contributed by atoms with Gasteiger partial charge in [0.1, 0.15) is 0 Å². The standard InChI is InChI=1S/2C2H3ClO2.Pd/c2*3-1-2(4)5;/h2*1H2,(H,4,5);/q;;+2/p-2. The third kappa shape index (κ3) is 39.0. The molecule has 0 amide bonds. The Labute approximate surface area is 87.1 Å². The fraction of sp³-hybridized carbons (Fsp3) is 0.500. The molecule has 4 nitrogen and oxygen atoms in total. The van der Waals surface area contributed by atoms with Gasteiger partial charge in [-0.15, -0.1) is 23.2 Å². The van der Waals surface area contributed by atoms with Gasteiger partial charge in [-0.25, -0.2) is 0 Å². The van der Waals surface area contributed by atoms with Crippen molar-refractivity contribution in [1.29, 1.82) is 0 Å². The zero-order valence-corrected chi connectivity index (χ0v) is 8.19. The van der Waals surface area contributed by atoms with E-state index in [1.807, 2.05) is 0 Å². The van der Waals surface area contributed by atoms with Crippen molar-refractivity contribution in [3.8, 4) is 0 Å². The first-order valence-electron chi connectivity index (χ1n) is 2.06. The minimum absolute atomic E-state index is 0. The second kappa shape index (κ2) is 12.8. The van der Waals surface area contributed by atoms with Crippen LogP contribution in [0.15, 0.2) is 0 Å². The van der Waals surface area contributed by atoms with Gasteiger partial charge in [-0.1, -0.05) is 0 Å². The molecule has 0 heterocycles. The SMILES string of the molecule is O=C([O-])CCl.O=C([O-])CCl.[Pd+2]. The number of carboxylic acids is 2. The molecule has 68 valence electrons. The van der Waals surface area contributed by atoms with E-state index < -0.39 is 23.7 Å². The summed E-state index contributed by atoms with van der Waals surface area (Å²) in [6, 6.07) is 0. The molecule has 0 saturated carbocycles. The van der Waals surface area contributed by atoms with Crippen LogP contribution >= 0.6 is 23.2 Å². The minimum atomic E-state index is -1.23. The zero-order valence-electron chi connectivity index (χ0n) is 5.12. The molecule has 0 aliphatic carbocycles. The van der Waals surface area contributed by atoms with Gasteiger partial charge >= 0.3 is 20.4 Å². The van der Waals surface area contributed by atoms with Gasteiger partial charge in [0.15, 0.2) is 0 Å². The van der Waals surface area contributed by atoms with Gasteiger partial charge in [-0.05, 0) is 0 Å². The second-order valence-corrected chi connectivity index (χ2v) is 1.55. The van der Waals surface area contributed by atoms with Crippen molar-refractivity contribution >= 4 is 35.1 Å². The summed E-state index contributed by atoms with van der Waals surface area (Å²) >= 11 is 9.35. The molecule has 0 atom stereocenters. The van der Waals surface area contributed by atoms with Crippen molar-refractivity contribution < 1.29 is 40.2 Å². The van der Waals surface area contributed by atoms with E-state index in [2.05, 4.69) is 23.2 Å². The Morgan fingerprint density at radius 1 is 1.00 bits per heavy atom. The average molecular weight is 293 g/mol. The first kappa shape index (κ1) is 17.3. The molecule has 11 heavy (non-hydrogen) atoms. The summed E-state index contributed by atoms with van der Waals surface area (Å²) < 4.78 is 0.